The molecule has 0 amide bonds. The average molecular weight is 272 g/mol. The van der Waals surface area contributed by atoms with Gasteiger partial charge in [0, 0.05) is 3.57 Å². The number of hydrogen-bond donors (Lipinski definition) is 1. The molecule has 0 saturated heterocycles. The summed E-state index contributed by atoms with van der Waals surface area (Å²) in [5, 5.41) is 0. The minimum absolute atomic E-state index is 0.381. The van der Waals surface area contributed by atoms with Gasteiger partial charge < -0.3 is 4.98 Å². The number of H-pyrrole nitrogens is 1. The fourth-order valence-electron chi connectivity index (χ4n) is 1.06. The zero-order valence-corrected chi connectivity index (χ0v) is 8.20. The largest absolute Gasteiger partial charge is 0.336 e. The second kappa shape index (κ2) is 2.85. The van der Waals surface area contributed by atoms with E-state index in [0.29, 0.717) is 12.1 Å². The van der Waals surface area contributed by atoms with E-state index in [4.69, 9.17) is 0 Å². The number of fused-ring (bicyclic) bond motifs is 1. The first-order chi connectivity index (χ1) is 5.79. The van der Waals surface area contributed by atoms with Crippen molar-refractivity contribution in [2.45, 2.75) is 0 Å². The highest BCUT2D eigenvalue weighted by Crippen LogP contribution is 2.14. The third-order valence-corrected chi connectivity index (χ3v) is 2.24. The topological polar surface area (TPSA) is 45.8 Å². The van der Waals surface area contributed by atoms with E-state index in [1.165, 1.54) is 0 Å². The molecule has 2 rings (SSSR count). The maximum Gasteiger partial charge on any atom is 0.185 e. The van der Waals surface area contributed by atoms with Crippen molar-refractivity contribution in [1.82, 2.24) is 9.97 Å². The zero-order valence-electron chi connectivity index (χ0n) is 6.04. The van der Waals surface area contributed by atoms with Crippen LogP contribution in [-0.4, -0.2) is 16.3 Å². The number of benzene rings is 1. The molecule has 12 heavy (non-hydrogen) atoms. The maximum atomic E-state index is 10.4. The van der Waals surface area contributed by atoms with Crippen LogP contribution < -0.4 is 0 Å². The van der Waals surface area contributed by atoms with Crippen molar-refractivity contribution in [3.63, 3.8) is 0 Å². The molecule has 3 nitrogen and oxygen atoms in total. The molecule has 1 aromatic heterocycles. The van der Waals surface area contributed by atoms with Gasteiger partial charge in [-0.05, 0) is 40.8 Å². The number of imidazole rings is 1. The lowest BCUT2D eigenvalue weighted by atomic mass is 10.3. The molecule has 60 valence electrons. The van der Waals surface area contributed by atoms with E-state index in [9.17, 15) is 4.79 Å². The number of carbonyl (C=O) groups excluding carboxylic acids is 1. The van der Waals surface area contributed by atoms with E-state index in [-0.39, 0.29) is 0 Å². The van der Waals surface area contributed by atoms with Crippen LogP contribution in [0, 0.1) is 3.57 Å². The number of aldehydes is 1. The summed E-state index contributed by atoms with van der Waals surface area (Å²) in [5.41, 5.74) is 1.74. The Labute approximate surface area is 82.3 Å². The van der Waals surface area contributed by atoms with Crippen LogP contribution in [0.5, 0.6) is 0 Å². The third-order valence-electron chi connectivity index (χ3n) is 1.57. The summed E-state index contributed by atoms with van der Waals surface area (Å²) < 4.78 is 1.13. The number of nitrogens with zero attached hydrogens (tertiary/aromatic N) is 1. The average Bonchev–Trinajstić information content (AvgIpc) is 2.46. The van der Waals surface area contributed by atoms with E-state index < -0.39 is 0 Å². The van der Waals surface area contributed by atoms with Crippen LogP contribution in [0.4, 0.5) is 0 Å². The number of carbonyl (C=O) groups is 1. The number of aromatic amines is 1. The molecule has 0 radical (unpaired) electrons. The summed E-state index contributed by atoms with van der Waals surface area (Å²) in [6.07, 6.45) is 0.715. The fourth-order valence-corrected chi connectivity index (χ4v) is 1.55. The zero-order chi connectivity index (χ0) is 8.55. The quantitative estimate of drug-likeness (QED) is 0.637. The van der Waals surface area contributed by atoms with Crippen molar-refractivity contribution in [3.8, 4) is 0 Å². The minimum Gasteiger partial charge on any atom is -0.336 e. The number of nitrogens with one attached hydrogen (secondary N) is 1. The molecule has 0 bridgehead atoms. The van der Waals surface area contributed by atoms with Gasteiger partial charge in [0.2, 0.25) is 0 Å². The molecule has 0 aliphatic carbocycles. The summed E-state index contributed by atoms with van der Waals surface area (Å²) in [7, 11) is 0. The monoisotopic (exact) mass is 272 g/mol. The SMILES string of the molecule is O=Cc1nc2ccc(I)cc2[nH]1. The molecule has 1 heterocycles. The molecule has 0 unspecified atom stereocenters. The van der Waals surface area contributed by atoms with Gasteiger partial charge in [-0.3, -0.25) is 4.79 Å². The van der Waals surface area contributed by atoms with Crippen LogP contribution in [0.3, 0.4) is 0 Å². The van der Waals surface area contributed by atoms with Gasteiger partial charge in [-0.1, -0.05) is 0 Å². The summed E-state index contributed by atoms with van der Waals surface area (Å²) in [4.78, 5) is 17.3. The molecule has 0 aliphatic rings. The molecule has 0 saturated carbocycles. The minimum atomic E-state index is 0.381. The summed E-state index contributed by atoms with van der Waals surface area (Å²) in [6.45, 7) is 0. The number of hydrogen-bond acceptors (Lipinski definition) is 2. The van der Waals surface area contributed by atoms with Crippen molar-refractivity contribution in [2.75, 3.05) is 0 Å². The first-order valence-corrected chi connectivity index (χ1v) is 4.48. The molecule has 0 spiro atoms. The standard InChI is InChI=1S/C8H5IN2O/c9-5-1-2-6-7(3-5)11-8(4-12)10-6/h1-4H,(H,10,11). The van der Waals surface area contributed by atoms with Gasteiger partial charge in [0.25, 0.3) is 0 Å². The Morgan fingerprint density at radius 2 is 2.33 bits per heavy atom. The molecular weight excluding hydrogens is 267 g/mol. The van der Waals surface area contributed by atoms with E-state index in [1.807, 2.05) is 18.2 Å². The Morgan fingerprint density at radius 1 is 1.50 bits per heavy atom. The predicted molar refractivity (Wildman–Crippen MR) is 54.2 cm³/mol. The Morgan fingerprint density at radius 3 is 3.08 bits per heavy atom. The van der Waals surface area contributed by atoms with Gasteiger partial charge in [-0.2, -0.15) is 0 Å². The molecule has 0 aliphatic heterocycles. The molecule has 2 aromatic rings. The van der Waals surface area contributed by atoms with Crippen LogP contribution >= 0.6 is 22.6 Å². The van der Waals surface area contributed by atoms with Gasteiger partial charge in [0.05, 0.1) is 11.0 Å². The van der Waals surface area contributed by atoms with E-state index >= 15 is 0 Å². The number of rotatable bonds is 1. The summed E-state index contributed by atoms with van der Waals surface area (Å²) in [6, 6.07) is 5.80. The highest BCUT2D eigenvalue weighted by atomic mass is 127. The molecular formula is C8H5IN2O. The first kappa shape index (κ1) is 7.72. The first-order valence-electron chi connectivity index (χ1n) is 3.40. The van der Waals surface area contributed by atoms with Gasteiger partial charge in [0.15, 0.2) is 12.1 Å². The van der Waals surface area contributed by atoms with Crippen LogP contribution in [-0.2, 0) is 0 Å². The van der Waals surface area contributed by atoms with Crippen molar-refractivity contribution in [1.29, 1.82) is 0 Å². The molecule has 1 N–H and O–H groups in total. The molecule has 4 heteroatoms. The highest BCUT2D eigenvalue weighted by molar-refractivity contribution is 14.1. The Balaban J connectivity index is 2.75. The van der Waals surface area contributed by atoms with Gasteiger partial charge >= 0.3 is 0 Å². The fraction of sp³-hybridized carbons (Fsp3) is 0. The maximum absolute atomic E-state index is 10.4. The lowest BCUT2D eigenvalue weighted by Crippen LogP contribution is -1.78. The molecule has 0 atom stereocenters. The summed E-state index contributed by atoms with van der Waals surface area (Å²) >= 11 is 2.21. The van der Waals surface area contributed by atoms with Crippen molar-refractivity contribution in [2.24, 2.45) is 0 Å². The van der Waals surface area contributed by atoms with Crippen LogP contribution in [0.2, 0.25) is 0 Å². The second-order valence-electron chi connectivity index (χ2n) is 2.40. The smallest absolute Gasteiger partial charge is 0.185 e. The van der Waals surface area contributed by atoms with Crippen LogP contribution in [0.1, 0.15) is 10.6 Å². The van der Waals surface area contributed by atoms with Gasteiger partial charge in [0.1, 0.15) is 0 Å². The summed E-state index contributed by atoms with van der Waals surface area (Å²) in [5.74, 6) is 0.381. The van der Waals surface area contributed by atoms with E-state index in [0.717, 1.165) is 14.6 Å². The number of halogens is 1. The highest BCUT2D eigenvalue weighted by Gasteiger charge is 2.00. The third kappa shape index (κ3) is 1.22. The Hall–Kier alpha value is -0.910. The second-order valence-corrected chi connectivity index (χ2v) is 3.65. The molecule has 0 fully saturated rings. The van der Waals surface area contributed by atoms with Crippen LogP contribution in [0.25, 0.3) is 11.0 Å². The van der Waals surface area contributed by atoms with Gasteiger partial charge in [-0.25, -0.2) is 4.98 Å². The van der Waals surface area contributed by atoms with Crippen molar-refractivity contribution in [3.05, 3.63) is 27.6 Å². The van der Waals surface area contributed by atoms with E-state index in [2.05, 4.69) is 32.6 Å². The predicted octanol–water partition coefficient (Wildman–Crippen LogP) is 1.98. The lowest BCUT2D eigenvalue weighted by molar-refractivity contribution is 0.111. The van der Waals surface area contributed by atoms with Gasteiger partial charge in [-0.15, -0.1) is 0 Å². The Bertz CT molecular complexity index is 436. The lowest BCUT2D eigenvalue weighted by Gasteiger charge is -1.87. The molecule has 1 aromatic carbocycles. The van der Waals surface area contributed by atoms with E-state index in [1.54, 1.807) is 0 Å². The Kier molecular flexibility index (Phi) is 1.84. The van der Waals surface area contributed by atoms with Crippen LogP contribution in [0.15, 0.2) is 18.2 Å². The normalized spacial score (nSPS) is 10.4. The number of aromatic nitrogens is 2. The van der Waals surface area contributed by atoms with Crippen molar-refractivity contribution >= 4 is 39.9 Å². The van der Waals surface area contributed by atoms with Crippen molar-refractivity contribution < 1.29 is 4.79 Å².